The van der Waals surface area contributed by atoms with Gasteiger partial charge in [0.15, 0.2) is 0 Å². The number of aryl methyl sites for hydroxylation is 2. The second-order valence-electron chi connectivity index (χ2n) is 10.2. The molecule has 4 aliphatic heterocycles. The summed E-state index contributed by atoms with van der Waals surface area (Å²) in [4.78, 5) is 44.7. The molecule has 1 aromatic rings. The number of fused-ring (bicyclic) bond motifs is 2. The van der Waals surface area contributed by atoms with Crippen molar-refractivity contribution in [1.82, 2.24) is 4.90 Å². The van der Waals surface area contributed by atoms with Gasteiger partial charge in [0.1, 0.15) is 17.6 Å². The maximum atomic E-state index is 14.3. The van der Waals surface area contributed by atoms with Crippen LogP contribution in [0.3, 0.4) is 0 Å². The molecule has 1 N–H and O–H groups in total. The molecular formula is C28H34N2O6. The summed E-state index contributed by atoms with van der Waals surface area (Å²) in [6.07, 6.45) is 9.72. The summed E-state index contributed by atoms with van der Waals surface area (Å²) in [5.74, 6) is -2.71. The second kappa shape index (κ2) is 9.82. The Morgan fingerprint density at radius 1 is 1.11 bits per heavy atom. The molecule has 0 radical (unpaired) electrons. The molecule has 5 atom stereocenters. The number of allylic oxidation sites excluding steroid dienone is 1. The number of carbonyl (C=O) groups is 3. The van der Waals surface area contributed by atoms with Gasteiger partial charge < -0.3 is 24.4 Å². The predicted octanol–water partition coefficient (Wildman–Crippen LogP) is 2.45. The third-order valence-electron chi connectivity index (χ3n) is 7.81. The number of nitrogens with zero attached hydrogens (tertiary/aromatic N) is 2. The van der Waals surface area contributed by atoms with E-state index in [2.05, 4.69) is 0 Å². The van der Waals surface area contributed by atoms with Crippen molar-refractivity contribution in [1.29, 1.82) is 0 Å². The second-order valence-corrected chi connectivity index (χ2v) is 10.2. The van der Waals surface area contributed by atoms with Gasteiger partial charge in [-0.1, -0.05) is 36.4 Å². The van der Waals surface area contributed by atoms with Crippen molar-refractivity contribution in [2.45, 2.75) is 57.3 Å². The fourth-order valence-corrected chi connectivity index (χ4v) is 6.12. The lowest BCUT2D eigenvalue weighted by molar-refractivity contribution is -0.154. The summed E-state index contributed by atoms with van der Waals surface area (Å²) in [6, 6.07) is 5.01. The quantitative estimate of drug-likeness (QED) is 0.510. The molecule has 5 rings (SSSR count). The molecule has 36 heavy (non-hydrogen) atoms. The fourth-order valence-electron chi connectivity index (χ4n) is 6.12. The SMILES string of the molecule is Cc1ccc(C)c(N2CC=C[C@]34O[C@@H]5/C=C\CCCCOC(=O)[C@@H]5[C@H]3C(=O)N(CCCO)C4C2=O)c1. The Labute approximate surface area is 211 Å². The average Bonchev–Trinajstić information content (AvgIpc) is 3.24. The Balaban J connectivity index is 1.61. The first kappa shape index (κ1) is 24.7. The standard InChI is InChI=1S/C28H34N2O6/c1-18-10-11-19(2)20(17-18)29-13-7-12-28-23(25(32)30(14-8-15-31)24(28)26(29)33)22-21(36-28)9-5-3-4-6-16-35-27(22)34/h5,7,9-12,17,21-24,31H,3-4,6,8,13-16H2,1-2H3/b9-5-/t21-,22+,23+,24?,28+/m1/s1. The molecule has 8 heteroatoms. The molecule has 0 bridgehead atoms. The molecule has 0 saturated carbocycles. The highest BCUT2D eigenvalue weighted by molar-refractivity contribution is 6.05. The summed E-state index contributed by atoms with van der Waals surface area (Å²) in [5.41, 5.74) is 1.48. The number of hydrogen-bond acceptors (Lipinski definition) is 6. The van der Waals surface area contributed by atoms with E-state index in [9.17, 15) is 19.5 Å². The lowest BCUT2D eigenvalue weighted by Gasteiger charge is -2.35. The van der Waals surface area contributed by atoms with Crippen molar-refractivity contribution in [2.75, 3.05) is 31.2 Å². The number of aliphatic hydroxyl groups is 1. The number of likely N-dealkylation sites (tertiary alicyclic amines) is 1. The average molecular weight is 495 g/mol. The molecule has 1 spiro atoms. The number of ether oxygens (including phenoxy) is 2. The first-order chi connectivity index (χ1) is 17.4. The van der Waals surface area contributed by atoms with E-state index in [4.69, 9.17) is 9.47 Å². The largest absolute Gasteiger partial charge is 0.465 e. The van der Waals surface area contributed by atoms with Crippen LogP contribution in [0.25, 0.3) is 0 Å². The number of anilines is 1. The van der Waals surface area contributed by atoms with Gasteiger partial charge >= 0.3 is 5.97 Å². The van der Waals surface area contributed by atoms with Gasteiger partial charge in [-0.15, -0.1) is 0 Å². The first-order valence-electron chi connectivity index (χ1n) is 12.9. The maximum absolute atomic E-state index is 14.3. The van der Waals surface area contributed by atoms with Gasteiger partial charge in [0.25, 0.3) is 5.91 Å². The van der Waals surface area contributed by atoms with Crippen molar-refractivity contribution in [2.24, 2.45) is 11.8 Å². The first-order valence-corrected chi connectivity index (χ1v) is 12.9. The monoisotopic (exact) mass is 494 g/mol. The number of esters is 1. The van der Waals surface area contributed by atoms with Crippen LogP contribution in [0.5, 0.6) is 0 Å². The molecule has 4 aliphatic rings. The Hall–Kier alpha value is -2.97. The van der Waals surface area contributed by atoms with Crippen LogP contribution < -0.4 is 4.90 Å². The van der Waals surface area contributed by atoms with Gasteiger partial charge in [-0.05, 0) is 56.7 Å². The molecule has 0 aromatic heterocycles. The van der Waals surface area contributed by atoms with Crippen molar-refractivity contribution in [3.05, 3.63) is 53.6 Å². The highest BCUT2D eigenvalue weighted by atomic mass is 16.6. The van der Waals surface area contributed by atoms with Gasteiger partial charge in [-0.25, -0.2) is 0 Å². The Bertz CT molecular complexity index is 1110. The minimum absolute atomic E-state index is 0.114. The summed E-state index contributed by atoms with van der Waals surface area (Å²) in [5, 5.41) is 9.52. The minimum Gasteiger partial charge on any atom is -0.465 e. The molecule has 8 nitrogen and oxygen atoms in total. The zero-order valence-corrected chi connectivity index (χ0v) is 20.9. The highest BCUT2D eigenvalue weighted by Crippen LogP contribution is 2.53. The number of amides is 2. The molecule has 1 unspecified atom stereocenters. The van der Waals surface area contributed by atoms with E-state index in [0.29, 0.717) is 19.6 Å². The van der Waals surface area contributed by atoms with Gasteiger partial charge in [0.2, 0.25) is 5.91 Å². The Kier molecular flexibility index (Phi) is 6.74. The van der Waals surface area contributed by atoms with Gasteiger partial charge in [-0.2, -0.15) is 0 Å². The van der Waals surface area contributed by atoms with Crippen molar-refractivity contribution in [3.63, 3.8) is 0 Å². The molecule has 2 amide bonds. The third kappa shape index (κ3) is 3.96. The predicted molar refractivity (Wildman–Crippen MR) is 133 cm³/mol. The lowest BCUT2D eigenvalue weighted by atomic mass is 9.78. The van der Waals surface area contributed by atoms with Crippen LogP contribution in [-0.2, 0) is 23.9 Å². The van der Waals surface area contributed by atoms with Crippen LogP contribution in [-0.4, -0.2) is 71.8 Å². The molecule has 192 valence electrons. The van der Waals surface area contributed by atoms with E-state index in [0.717, 1.165) is 36.1 Å². The molecule has 4 heterocycles. The topological polar surface area (TPSA) is 96.4 Å². The summed E-state index contributed by atoms with van der Waals surface area (Å²) >= 11 is 0. The zero-order chi connectivity index (χ0) is 25.4. The normalized spacial score (nSPS) is 33.0. The number of cyclic esters (lactones) is 1. The smallest absolute Gasteiger partial charge is 0.312 e. The highest BCUT2D eigenvalue weighted by Gasteiger charge is 2.71. The molecule has 2 fully saturated rings. The summed E-state index contributed by atoms with van der Waals surface area (Å²) in [7, 11) is 0. The minimum atomic E-state index is -1.29. The van der Waals surface area contributed by atoms with E-state index in [1.165, 1.54) is 4.90 Å². The third-order valence-corrected chi connectivity index (χ3v) is 7.81. The van der Waals surface area contributed by atoms with E-state index >= 15 is 0 Å². The Morgan fingerprint density at radius 3 is 2.75 bits per heavy atom. The van der Waals surface area contributed by atoms with E-state index < -0.39 is 35.6 Å². The van der Waals surface area contributed by atoms with Gasteiger partial charge in [-0.3, -0.25) is 14.4 Å². The van der Waals surface area contributed by atoms with Crippen molar-refractivity contribution in [3.8, 4) is 0 Å². The molecular weight excluding hydrogens is 460 g/mol. The van der Waals surface area contributed by atoms with E-state index in [-0.39, 0.29) is 25.0 Å². The van der Waals surface area contributed by atoms with Crippen LogP contribution in [0, 0.1) is 25.7 Å². The number of benzene rings is 1. The van der Waals surface area contributed by atoms with Gasteiger partial charge in [0, 0.05) is 25.4 Å². The maximum Gasteiger partial charge on any atom is 0.312 e. The number of aliphatic hydroxyl groups excluding tert-OH is 1. The van der Waals surface area contributed by atoms with Crippen LogP contribution in [0.15, 0.2) is 42.5 Å². The van der Waals surface area contributed by atoms with Crippen LogP contribution in [0.4, 0.5) is 5.69 Å². The summed E-state index contributed by atoms with van der Waals surface area (Å²) in [6.45, 7) is 4.65. The van der Waals surface area contributed by atoms with Crippen molar-refractivity contribution < 1.29 is 29.0 Å². The van der Waals surface area contributed by atoms with Gasteiger partial charge in [0.05, 0.1) is 18.6 Å². The summed E-state index contributed by atoms with van der Waals surface area (Å²) < 4.78 is 12.2. The number of hydrogen-bond donors (Lipinski definition) is 1. The zero-order valence-electron chi connectivity index (χ0n) is 20.9. The van der Waals surface area contributed by atoms with Crippen LogP contribution in [0.2, 0.25) is 0 Å². The molecule has 1 aromatic carbocycles. The van der Waals surface area contributed by atoms with Crippen LogP contribution >= 0.6 is 0 Å². The lowest BCUT2D eigenvalue weighted by Crippen LogP contribution is -2.55. The molecule has 0 aliphatic carbocycles. The Morgan fingerprint density at radius 2 is 1.94 bits per heavy atom. The van der Waals surface area contributed by atoms with E-state index in [1.807, 2.05) is 56.4 Å². The molecule has 2 saturated heterocycles. The van der Waals surface area contributed by atoms with Crippen molar-refractivity contribution >= 4 is 23.5 Å². The van der Waals surface area contributed by atoms with Crippen LogP contribution in [0.1, 0.15) is 36.8 Å². The number of rotatable bonds is 4. The fraction of sp³-hybridized carbons (Fsp3) is 0.536. The van der Waals surface area contributed by atoms with E-state index in [1.54, 1.807) is 4.90 Å². The number of carbonyl (C=O) groups excluding carboxylic acids is 3.